The van der Waals surface area contributed by atoms with Crippen LogP contribution in [0.15, 0.2) is 12.3 Å². The number of nitrogens with zero attached hydrogens (tertiary/aromatic N) is 3. The minimum Gasteiger partial charge on any atom is -0.383 e. The molecular weight excluding hydrogens is 244 g/mol. The number of likely N-dealkylation sites (tertiary alicyclic amines) is 1. The predicted molar refractivity (Wildman–Crippen MR) is 72.2 cm³/mol. The van der Waals surface area contributed by atoms with Gasteiger partial charge >= 0.3 is 0 Å². The molecule has 0 radical (unpaired) electrons. The molecular formula is C13H20N4O2. The van der Waals surface area contributed by atoms with E-state index in [1.165, 1.54) is 6.42 Å². The van der Waals surface area contributed by atoms with Crippen molar-refractivity contribution in [3.8, 4) is 0 Å². The molecule has 1 saturated heterocycles. The topological polar surface area (TPSA) is 67.3 Å². The second-order valence-electron chi connectivity index (χ2n) is 4.54. The van der Waals surface area contributed by atoms with Crippen LogP contribution in [0.5, 0.6) is 0 Å². The molecule has 19 heavy (non-hydrogen) atoms. The number of anilines is 1. The highest BCUT2D eigenvalue weighted by Gasteiger charge is 2.19. The highest BCUT2D eigenvalue weighted by Crippen LogP contribution is 2.12. The lowest BCUT2D eigenvalue weighted by molar-refractivity contribution is 0.0718. The van der Waals surface area contributed by atoms with Gasteiger partial charge in [-0.15, -0.1) is 0 Å². The summed E-state index contributed by atoms with van der Waals surface area (Å²) in [7, 11) is 1.64. The van der Waals surface area contributed by atoms with Gasteiger partial charge in [0.2, 0.25) is 5.95 Å². The van der Waals surface area contributed by atoms with Crippen LogP contribution in [0.25, 0.3) is 0 Å². The van der Waals surface area contributed by atoms with Crippen molar-refractivity contribution in [2.45, 2.75) is 19.3 Å². The number of amides is 1. The van der Waals surface area contributed by atoms with E-state index >= 15 is 0 Å². The predicted octanol–water partition coefficient (Wildman–Crippen LogP) is 1.16. The molecule has 0 bridgehead atoms. The van der Waals surface area contributed by atoms with Gasteiger partial charge in [-0.05, 0) is 25.3 Å². The summed E-state index contributed by atoms with van der Waals surface area (Å²) < 4.78 is 4.94. The van der Waals surface area contributed by atoms with Crippen molar-refractivity contribution in [1.82, 2.24) is 14.9 Å². The standard InChI is InChI=1S/C13H20N4O2/c1-19-10-7-15-13-14-6-5-11(16-13)12(18)17-8-3-2-4-9-17/h5-6H,2-4,7-10H2,1H3,(H,14,15,16). The van der Waals surface area contributed by atoms with E-state index in [0.29, 0.717) is 24.8 Å². The lowest BCUT2D eigenvalue weighted by Gasteiger charge is -2.26. The van der Waals surface area contributed by atoms with E-state index < -0.39 is 0 Å². The van der Waals surface area contributed by atoms with Gasteiger partial charge in [-0.25, -0.2) is 9.97 Å². The van der Waals surface area contributed by atoms with Crippen LogP contribution in [0.1, 0.15) is 29.8 Å². The number of ether oxygens (including phenoxy) is 1. The molecule has 6 nitrogen and oxygen atoms in total. The highest BCUT2D eigenvalue weighted by atomic mass is 16.5. The summed E-state index contributed by atoms with van der Waals surface area (Å²) in [4.78, 5) is 22.5. The summed E-state index contributed by atoms with van der Waals surface area (Å²) in [6.45, 7) is 2.86. The zero-order chi connectivity index (χ0) is 13.5. The van der Waals surface area contributed by atoms with E-state index in [0.717, 1.165) is 25.9 Å². The largest absolute Gasteiger partial charge is 0.383 e. The average molecular weight is 264 g/mol. The van der Waals surface area contributed by atoms with E-state index in [1.54, 1.807) is 19.4 Å². The Kier molecular flexibility index (Phi) is 5.09. The molecule has 1 amide bonds. The SMILES string of the molecule is COCCNc1nccc(C(=O)N2CCCCC2)n1. The molecule has 2 rings (SSSR count). The molecule has 0 atom stereocenters. The minimum absolute atomic E-state index is 0.00288. The van der Waals surface area contributed by atoms with Crippen molar-refractivity contribution in [3.63, 3.8) is 0 Å². The average Bonchev–Trinajstić information content (AvgIpc) is 2.48. The fourth-order valence-electron chi connectivity index (χ4n) is 2.09. The molecule has 0 aromatic carbocycles. The second-order valence-corrected chi connectivity index (χ2v) is 4.54. The van der Waals surface area contributed by atoms with Gasteiger partial charge in [-0.3, -0.25) is 4.79 Å². The molecule has 1 N–H and O–H groups in total. The Morgan fingerprint density at radius 1 is 1.42 bits per heavy atom. The van der Waals surface area contributed by atoms with Crippen molar-refractivity contribution in [2.24, 2.45) is 0 Å². The Morgan fingerprint density at radius 2 is 2.21 bits per heavy atom. The fraction of sp³-hybridized carbons (Fsp3) is 0.615. The number of hydrogen-bond acceptors (Lipinski definition) is 5. The number of carbonyl (C=O) groups is 1. The van der Waals surface area contributed by atoms with Crippen molar-refractivity contribution < 1.29 is 9.53 Å². The summed E-state index contributed by atoms with van der Waals surface area (Å²) in [5, 5.41) is 3.03. The Morgan fingerprint density at radius 3 is 2.95 bits per heavy atom. The monoisotopic (exact) mass is 264 g/mol. The van der Waals surface area contributed by atoms with Crippen LogP contribution in [0.2, 0.25) is 0 Å². The van der Waals surface area contributed by atoms with Crippen molar-refractivity contribution in [1.29, 1.82) is 0 Å². The normalized spacial score (nSPS) is 15.3. The van der Waals surface area contributed by atoms with Crippen molar-refractivity contribution >= 4 is 11.9 Å². The van der Waals surface area contributed by atoms with Crippen LogP contribution in [0.3, 0.4) is 0 Å². The van der Waals surface area contributed by atoms with Crippen molar-refractivity contribution in [2.75, 3.05) is 38.7 Å². The third-order valence-electron chi connectivity index (χ3n) is 3.11. The zero-order valence-corrected chi connectivity index (χ0v) is 11.3. The summed E-state index contributed by atoms with van der Waals surface area (Å²) in [6.07, 6.45) is 4.97. The van der Waals surface area contributed by atoms with Crippen LogP contribution in [0.4, 0.5) is 5.95 Å². The van der Waals surface area contributed by atoms with Crippen LogP contribution in [-0.4, -0.2) is 54.1 Å². The first-order valence-corrected chi connectivity index (χ1v) is 6.66. The smallest absolute Gasteiger partial charge is 0.272 e. The van der Waals surface area contributed by atoms with Gasteiger partial charge in [0.05, 0.1) is 6.61 Å². The first-order valence-electron chi connectivity index (χ1n) is 6.66. The van der Waals surface area contributed by atoms with E-state index in [2.05, 4.69) is 15.3 Å². The lowest BCUT2D eigenvalue weighted by atomic mass is 10.1. The van der Waals surface area contributed by atoms with Gasteiger partial charge in [0.25, 0.3) is 5.91 Å². The van der Waals surface area contributed by atoms with E-state index in [1.807, 2.05) is 4.90 Å². The Balaban J connectivity index is 1.98. The third-order valence-corrected chi connectivity index (χ3v) is 3.11. The highest BCUT2D eigenvalue weighted by molar-refractivity contribution is 5.92. The molecule has 0 unspecified atom stereocenters. The Labute approximate surface area is 113 Å². The van der Waals surface area contributed by atoms with Gasteiger partial charge < -0.3 is 15.0 Å². The van der Waals surface area contributed by atoms with E-state index in [-0.39, 0.29) is 5.91 Å². The van der Waals surface area contributed by atoms with Gasteiger partial charge in [-0.2, -0.15) is 0 Å². The van der Waals surface area contributed by atoms with Crippen molar-refractivity contribution in [3.05, 3.63) is 18.0 Å². The lowest BCUT2D eigenvalue weighted by Crippen LogP contribution is -2.36. The maximum Gasteiger partial charge on any atom is 0.272 e. The number of nitrogens with one attached hydrogen (secondary N) is 1. The number of hydrogen-bond donors (Lipinski definition) is 1. The molecule has 0 saturated carbocycles. The van der Waals surface area contributed by atoms with Gasteiger partial charge in [-0.1, -0.05) is 0 Å². The first kappa shape index (κ1) is 13.7. The molecule has 0 aliphatic carbocycles. The molecule has 1 fully saturated rings. The Bertz CT molecular complexity index is 419. The second kappa shape index (κ2) is 7.04. The van der Waals surface area contributed by atoms with Crippen LogP contribution >= 0.6 is 0 Å². The number of piperidine rings is 1. The summed E-state index contributed by atoms with van der Waals surface area (Å²) in [5.74, 6) is 0.469. The molecule has 2 heterocycles. The number of rotatable bonds is 5. The van der Waals surface area contributed by atoms with Crippen LogP contribution in [0, 0.1) is 0 Å². The Hall–Kier alpha value is -1.69. The fourth-order valence-corrected chi connectivity index (χ4v) is 2.09. The molecule has 6 heteroatoms. The summed E-state index contributed by atoms with van der Waals surface area (Å²) in [5.41, 5.74) is 0.455. The van der Waals surface area contributed by atoms with Gasteiger partial charge in [0.15, 0.2) is 0 Å². The number of methoxy groups -OCH3 is 1. The third kappa shape index (κ3) is 3.89. The van der Waals surface area contributed by atoms with E-state index in [9.17, 15) is 4.79 Å². The summed E-state index contributed by atoms with van der Waals surface area (Å²) in [6, 6.07) is 1.67. The molecule has 0 spiro atoms. The molecule has 1 aliphatic rings. The zero-order valence-electron chi connectivity index (χ0n) is 11.3. The molecule has 1 aromatic rings. The summed E-state index contributed by atoms with van der Waals surface area (Å²) >= 11 is 0. The molecule has 1 aliphatic heterocycles. The van der Waals surface area contributed by atoms with Gasteiger partial charge in [0.1, 0.15) is 5.69 Å². The number of carbonyl (C=O) groups excluding carboxylic acids is 1. The molecule has 104 valence electrons. The minimum atomic E-state index is -0.00288. The maximum absolute atomic E-state index is 12.3. The van der Waals surface area contributed by atoms with Crippen LogP contribution in [-0.2, 0) is 4.74 Å². The number of aromatic nitrogens is 2. The quantitative estimate of drug-likeness (QED) is 0.808. The van der Waals surface area contributed by atoms with Gasteiger partial charge in [0, 0.05) is 32.9 Å². The van der Waals surface area contributed by atoms with E-state index in [4.69, 9.17) is 4.74 Å². The molecule has 1 aromatic heterocycles. The van der Waals surface area contributed by atoms with Crippen LogP contribution < -0.4 is 5.32 Å². The first-order chi connectivity index (χ1) is 9.31. The maximum atomic E-state index is 12.3.